The van der Waals surface area contributed by atoms with E-state index in [1.807, 2.05) is 35.8 Å². The molecular formula is C14H14N2OS. The van der Waals surface area contributed by atoms with Crippen LogP contribution in [0.15, 0.2) is 35.8 Å². The maximum Gasteiger partial charge on any atom is 0.148 e. The molecule has 1 heterocycles. The van der Waals surface area contributed by atoms with Crippen LogP contribution in [-0.4, -0.2) is 11.6 Å². The molecule has 18 heavy (non-hydrogen) atoms. The second-order valence-corrected chi connectivity index (χ2v) is 4.61. The van der Waals surface area contributed by atoms with Gasteiger partial charge in [-0.05, 0) is 6.07 Å². The molecule has 0 bridgehead atoms. The molecule has 0 aliphatic heterocycles. The van der Waals surface area contributed by atoms with E-state index >= 15 is 0 Å². The number of terminal acetylenes is 1. The lowest BCUT2D eigenvalue weighted by Crippen LogP contribution is -2.13. The van der Waals surface area contributed by atoms with E-state index in [2.05, 4.69) is 16.2 Å². The number of nitrogens with one attached hydrogen (secondary N) is 1. The van der Waals surface area contributed by atoms with Crippen LogP contribution >= 0.6 is 11.3 Å². The molecule has 92 valence electrons. The summed E-state index contributed by atoms with van der Waals surface area (Å²) in [5, 5.41) is 6.39. The summed E-state index contributed by atoms with van der Waals surface area (Å²) in [4.78, 5) is 4.22. The van der Waals surface area contributed by atoms with Crippen molar-refractivity contribution < 1.29 is 4.74 Å². The van der Waals surface area contributed by atoms with Gasteiger partial charge in [0.15, 0.2) is 0 Å². The van der Waals surface area contributed by atoms with Gasteiger partial charge < -0.3 is 10.1 Å². The van der Waals surface area contributed by atoms with Crippen LogP contribution in [-0.2, 0) is 13.1 Å². The summed E-state index contributed by atoms with van der Waals surface area (Å²) in [7, 11) is 0. The Balaban J connectivity index is 1.90. The average Bonchev–Trinajstić information content (AvgIpc) is 2.91. The quantitative estimate of drug-likeness (QED) is 0.808. The maximum absolute atomic E-state index is 5.48. The highest BCUT2D eigenvalue weighted by molar-refractivity contribution is 7.09. The molecular weight excluding hydrogens is 244 g/mol. The second-order valence-electron chi connectivity index (χ2n) is 3.63. The van der Waals surface area contributed by atoms with Crippen LogP contribution in [0, 0.1) is 12.3 Å². The number of hydrogen-bond acceptors (Lipinski definition) is 4. The van der Waals surface area contributed by atoms with Gasteiger partial charge in [0.1, 0.15) is 17.4 Å². The molecule has 0 fully saturated rings. The third-order valence-corrected chi connectivity index (χ3v) is 3.14. The van der Waals surface area contributed by atoms with E-state index in [-0.39, 0.29) is 0 Å². The zero-order valence-electron chi connectivity index (χ0n) is 9.93. The highest BCUT2D eigenvalue weighted by atomic mass is 32.1. The van der Waals surface area contributed by atoms with Gasteiger partial charge in [0.2, 0.25) is 0 Å². The van der Waals surface area contributed by atoms with E-state index < -0.39 is 0 Å². The first-order valence-electron chi connectivity index (χ1n) is 5.63. The van der Waals surface area contributed by atoms with Gasteiger partial charge in [-0.3, -0.25) is 0 Å². The zero-order valence-corrected chi connectivity index (χ0v) is 10.7. The number of aromatic nitrogens is 1. The smallest absolute Gasteiger partial charge is 0.148 e. The van der Waals surface area contributed by atoms with Crippen molar-refractivity contribution in [1.82, 2.24) is 10.3 Å². The first kappa shape index (κ1) is 12.6. The Kier molecular flexibility index (Phi) is 4.77. The summed E-state index contributed by atoms with van der Waals surface area (Å²) in [5.41, 5.74) is 1.10. The third-order valence-electron chi connectivity index (χ3n) is 2.36. The molecule has 0 saturated heterocycles. The predicted molar refractivity (Wildman–Crippen MR) is 73.4 cm³/mol. The second kappa shape index (κ2) is 6.80. The van der Waals surface area contributed by atoms with E-state index in [1.165, 1.54) is 0 Å². The van der Waals surface area contributed by atoms with E-state index in [9.17, 15) is 0 Å². The van der Waals surface area contributed by atoms with Gasteiger partial charge in [-0.15, -0.1) is 17.8 Å². The van der Waals surface area contributed by atoms with Gasteiger partial charge in [-0.1, -0.05) is 24.1 Å². The monoisotopic (exact) mass is 258 g/mol. The molecule has 2 rings (SSSR count). The highest BCUT2D eigenvalue weighted by Crippen LogP contribution is 2.17. The Morgan fingerprint density at radius 1 is 1.33 bits per heavy atom. The summed E-state index contributed by atoms with van der Waals surface area (Å²) in [6, 6.07) is 7.89. The minimum Gasteiger partial charge on any atom is -0.481 e. The summed E-state index contributed by atoms with van der Waals surface area (Å²) < 4.78 is 5.48. The van der Waals surface area contributed by atoms with Crippen LogP contribution in [0.2, 0.25) is 0 Å². The average molecular weight is 258 g/mol. The van der Waals surface area contributed by atoms with Crippen LogP contribution in [0.4, 0.5) is 0 Å². The lowest BCUT2D eigenvalue weighted by Gasteiger charge is -2.09. The summed E-state index contributed by atoms with van der Waals surface area (Å²) in [6.45, 7) is 1.80. The van der Waals surface area contributed by atoms with Crippen molar-refractivity contribution in [3.8, 4) is 18.1 Å². The number of thiazole rings is 1. The van der Waals surface area contributed by atoms with Crippen LogP contribution in [0.5, 0.6) is 5.75 Å². The molecule has 0 spiro atoms. The highest BCUT2D eigenvalue weighted by Gasteiger charge is 2.02. The maximum atomic E-state index is 5.48. The van der Waals surface area contributed by atoms with Crippen molar-refractivity contribution in [2.24, 2.45) is 0 Å². The first-order valence-corrected chi connectivity index (χ1v) is 6.51. The van der Waals surface area contributed by atoms with Crippen LogP contribution in [0.25, 0.3) is 0 Å². The van der Waals surface area contributed by atoms with Gasteiger partial charge in [-0.2, -0.15) is 0 Å². The van der Waals surface area contributed by atoms with Gasteiger partial charge >= 0.3 is 0 Å². The van der Waals surface area contributed by atoms with Crippen molar-refractivity contribution in [3.63, 3.8) is 0 Å². The van der Waals surface area contributed by atoms with Gasteiger partial charge in [0.25, 0.3) is 0 Å². The minimum absolute atomic E-state index is 0.295. The fourth-order valence-electron chi connectivity index (χ4n) is 1.55. The molecule has 0 amide bonds. The van der Waals surface area contributed by atoms with Crippen molar-refractivity contribution in [2.75, 3.05) is 6.61 Å². The lowest BCUT2D eigenvalue weighted by atomic mass is 10.2. The van der Waals surface area contributed by atoms with E-state index in [4.69, 9.17) is 11.2 Å². The summed E-state index contributed by atoms with van der Waals surface area (Å²) in [5.74, 6) is 3.31. The topological polar surface area (TPSA) is 34.1 Å². The number of ether oxygens (including phenoxy) is 1. The molecule has 4 heteroatoms. The SMILES string of the molecule is C#CCOc1ccccc1CNCc1nccs1. The van der Waals surface area contributed by atoms with Gasteiger partial charge in [0.05, 0.1) is 0 Å². The van der Waals surface area contributed by atoms with Crippen molar-refractivity contribution >= 4 is 11.3 Å². The summed E-state index contributed by atoms with van der Waals surface area (Å²) in [6.07, 6.45) is 7.00. The first-order chi connectivity index (χ1) is 8.90. The molecule has 0 aliphatic rings. The van der Waals surface area contributed by atoms with Crippen molar-refractivity contribution in [1.29, 1.82) is 0 Å². The third kappa shape index (κ3) is 3.59. The molecule has 1 N–H and O–H groups in total. The Labute approximate surface area is 111 Å². The molecule has 0 atom stereocenters. The Morgan fingerprint density at radius 2 is 2.22 bits per heavy atom. The molecule has 1 aromatic heterocycles. The Hall–Kier alpha value is -1.83. The number of benzene rings is 1. The fourth-order valence-corrected chi connectivity index (χ4v) is 2.14. The number of hydrogen-bond donors (Lipinski definition) is 1. The van der Waals surface area contributed by atoms with Gasteiger partial charge in [0, 0.05) is 30.2 Å². The van der Waals surface area contributed by atoms with Crippen LogP contribution < -0.4 is 10.1 Å². The fraction of sp³-hybridized carbons (Fsp3) is 0.214. The molecule has 1 aromatic carbocycles. The summed E-state index contributed by atoms with van der Waals surface area (Å²) >= 11 is 1.64. The zero-order chi connectivity index (χ0) is 12.6. The van der Waals surface area contributed by atoms with Crippen LogP contribution in [0.3, 0.4) is 0 Å². The molecule has 0 aliphatic carbocycles. The molecule has 0 saturated carbocycles. The molecule has 0 radical (unpaired) electrons. The largest absolute Gasteiger partial charge is 0.481 e. The van der Waals surface area contributed by atoms with Crippen molar-refractivity contribution in [2.45, 2.75) is 13.1 Å². The Morgan fingerprint density at radius 3 is 3.00 bits per heavy atom. The molecule has 0 unspecified atom stereocenters. The predicted octanol–water partition coefficient (Wildman–Crippen LogP) is 2.44. The normalized spacial score (nSPS) is 9.94. The van der Waals surface area contributed by atoms with Gasteiger partial charge in [-0.25, -0.2) is 4.98 Å². The van der Waals surface area contributed by atoms with Crippen LogP contribution in [0.1, 0.15) is 10.6 Å². The minimum atomic E-state index is 0.295. The standard InChI is InChI=1S/C14H14N2OS/c1-2-8-17-13-6-4-3-5-12(13)10-15-11-14-16-7-9-18-14/h1,3-7,9,15H,8,10-11H2. The Bertz CT molecular complexity index is 517. The molecule has 2 aromatic rings. The molecule has 3 nitrogen and oxygen atoms in total. The van der Waals surface area contributed by atoms with E-state index in [0.29, 0.717) is 6.61 Å². The van der Waals surface area contributed by atoms with E-state index in [0.717, 1.165) is 29.4 Å². The number of para-hydroxylation sites is 1. The van der Waals surface area contributed by atoms with E-state index in [1.54, 1.807) is 11.3 Å². The lowest BCUT2D eigenvalue weighted by molar-refractivity contribution is 0.365. The number of nitrogens with zero attached hydrogens (tertiary/aromatic N) is 1. The van der Waals surface area contributed by atoms with Crippen molar-refractivity contribution in [3.05, 3.63) is 46.4 Å². The number of rotatable bonds is 6.